The molecule has 7 nitrogen and oxygen atoms in total. The molecule has 0 atom stereocenters. The van der Waals surface area contributed by atoms with Crippen molar-refractivity contribution in [1.29, 1.82) is 0 Å². The van der Waals surface area contributed by atoms with Crippen LogP contribution in [0.25, 0.3) is 11.3 Å². The second-order valence-corrected chi connectivity index (χ2v) is 9.53. The quantitative estimate of drug-likeness (QED) is 0.446. The molecule has 0 spiro atoms. The molecule has 3 aromatic rings. The number of pyridine rings is 1. The first-order valence-corrected chi connectivity index (χ1v) is 11.7. The predicted molar refractivity (Wildman–Crippen MR) is 132 cm³/mol. The molecule has 1 fully saturated rings. The number of anilines is 2. The van der Waals surface area contributed by atoms with Gasteiger partial charge in [-0.25, -0.2) is 4.79 Å². The van der Waals surface area contributed by atoms with Gasteiger partial charge in [0, 0.05) is 30.8 Å². The first-order valence-electron chi connectivity index (χ1n) is 11.7. The van der Waals surface area contributed by atoms with Crippen LogP contribution in [0.1, 0.15) is 56.1 Å². The first-order chi connectivity index (χ1) is 16.3. The maximum atomic E-state index is 13.1. The highest BCUT2D eigenvalue weighted by Gasteiger charge is 2.20. The van der Waals surface area contributed by atoms with E-state index >= 15 is 0 Å². The lowest BCUT2D eigenvalue weighted by molar-refractivity contribution is 0.0635. The monoisotopic (exact) mass is 461 g/mol. The Morgan fingerprint density at radius 3 is 2.53 bits per heavy atom. The number of hydrogen-bond acceptors (Lipinski definition) is 6. The number of hydrogen-bond donors (Lipinski definition) is 1. The van der Waals surface area contributed by atoms with E-state index in [0.717, 1.165) is 24.3 Å². The fraction of sp³-hybridized carbons (Fsp3) is 0.370. The van der Waals surface area contributed by atoms with Crippen molar-refractivity contribution in [3.05, 3.63) is 66.2 Å². The van der Waals surface area contributed by atoms with Gasteiger partial charge in [0.25, 0.3) is 0 Å². The molecule has 4 rings (SSSR count). The zero-order valence-corrected chi connectivity index (χ0v) is 20.0. The van der Waals surface area contributed by atoms with Crippen molar-refractivity contribution in [1.82, 2.24) is 4.98 Å². The van der Waals surface area contributed by atoms with Crippen molar-refractivity contribution in [2.45, 2.75) is 52.1 Å². The number of rotatable bonds is 6. The lowest BCUT2D eigenvalue weighted by Gasteiger charge is -2.28. The topological polar surface area (TPSA) is 84.7 Å². The average molecular weight is 462 g/mol. The van der Waals surface area contributed by atoms with Gasteiger partial charge in [-0.3, -0.25) is 15.1 Å². The summed E-state index contributed by atoms with van der Waals surface area (Å²) in [5.41, 5.74) is 2.80. The Morgan fingerprint density at radius 1 is 1.09 bits per heavy atom. The van der Waals surface area contributed by atoms with Crippen molar-refractivity contribution in [3.63, 3.8) is 0 Å². The minimum absolute atomic E-state index is 0.0791. The summed E-state index contributed by atoms with van der Waals surface area (Å²) in [7, 11) is 0. The number of carbonyl (C=O) groups excluding carboxylic acids is 2. The molecule has 1 aromatic carbocycles. The van der Waals surface area contributed by atoms with Gasteiger partial charge < -0.3 is 14.1 Å². The number of piperidine rings is 1. The molecule has 0 saturated carbocycles. The summed E-state index contributed by atoms with van der Waals surface area (Å²) >= 11 is 0. The van der Waals surface area contributed by atoms with Crippen LogP contribution in [0, 0.1) is 0 Å². The molecule has 7 heteroatoms. The molecule has 0 radical (unpaired) electrons. The number of carbonyl (C=O) groups is 2. The molecule has 1 aliphatic rings. The lowest BCUT2D eigenvalue weighted by atomic mass is 10.0. The molecule has 1 amide bonds. The van der Waals surface area contributed by atoms with Crippen LogP contribution in [-0.2, 0) is 11.2 Å². The number of amides is 1. The fourth-order valence-corrected chi connectivity index (χ4v) is 4.03. The van der Waals surface area contributed by atoms with E-state index in [1.807, 2.05) is 24.3 Å². The molecule has 3 heterocycles. The highest BCUT2D eigenvalue weighted by molar-refractivity contribution is 5.98. The third-order valence-electron chi connectivity index (χ3n) is 5.65. The lowest BCUT2D eigenvalue weighted by Crippen LogP contribution is -2.29. The van der Waals surface area contributed by atoms with Crippen molar-refractivity contribution >= 4 is 23.3 Å². The van der Waals surface area contributed by atoms with E-state index in [1.165, 1.54) is 19.3 Å². The minimum atomic E-state index is -0.631. The number of furan rings is 1. The Hall–Kier alpha value is -3.61. The van der Waals surface area contributed by atoms with Crippen LogP contribution in [-0.4, -0.2) is 35.6 Å². The number of nitrogens with one attached hydrogen (secondary N) is 1. The van der Waals surface area contributed by atoms with Crippen LogP contribution in [0.3, 0.4) is 0 Å². The number of ether oxygens (including phenoxy) is 1. The normalized spacial score (nSPS) is 14.0. The Balaban J connectivity index is 1.55. The van der Waals surface area contributed by atoms with Gasteiger partial charge in [-0.1, -0.05) is 0 Å². The van der Waals surface area contributed by atoms with Gasteiger partial charge in [0.05, 0.1) is 18.1 Å². The van der Waals surface area contributed by atoms with Gasteiger partial charge in [0.2, 0.25) is 0 Å². The van der Waals surface area contributed by atoms with Crippen LogP contribution in [0.2, 0.25) is 0 Å². The smallest absolute Gasteiger partial charge is 0.412 e. The highest BCUT2D eigenvalue weighted by Crippen LogP contribution is 2.28. The molecule has 2 aromatic heterocycles. The van der Waals surface area contributed by atoms with E-state index in [0.29, 0.717) is 22.7 Å². The largest absolute Gasteiger partial charge is 0.464 e. The standard InChI is InChI=1S/C27H31N3O4/c1-27(2,3)34-26(32)29-22-11-9-19(25-8-7-15-33-25)16-20(22)17-24(31)23-12-10-21(18-28-23)30-13-5-4-6-14-30/h7-12,15-16,18H,4-6,13-14,17H2,1-3H3,(H,29,32). The van der Waals surface area contributed by atoms with Crippen LogP contribution in [0.5, 0.6) is 0 Å². The molecule has 1 saturated heterocycles. The summed E-state index contributed by atoms with van der Waals surface area (Å²) in [5.74, 6) is 0.551. The average Bonchev–Trinajstić information content (AvgIpc) is 3.35. The molecule has 1 N–H and O–H groups in total. The molecule has 0 aliphatic carbocycles. The summed E-state index contributed by atoms with van der Waals surface area (Å²) in [6.07, 6.45) is 6.50. The zero-order valence-electron chi connectivity index (χ0n) is 20.0. The maximum Gasteiger partial charge on any atom is 0.412 e. The second kappa shape index (κ2) is 10.1. The third-order valence-corrected chi connectivity index (χ3v) is 5.65. The van der Waals surface area contributed by atoms with E-state index in [-0.39, 0.29) is 12.2 Å². The van der Waals surface area contributed by atoms with Crippen molar-refractivity contribution in [2.24, 2.45) is 0 Å². The third kappa shape index (κ3) is 6.04. The Bertz CT molecular complexity index is 1130. The van der Waals surface area contributed by atoms with Crippen LogP contribution >= 0.6 is 0 Å². The SMILES string of the molecule is CC(C)(C)OC(=O)Nc1ccc(-c2ccco2)cc1CC(=O)c1ccc(N2CCCCC2)cn1. The predicted octanol–water partition coefficient (Wildman–Crippen LogP) is 6.10. The number of benzene rings is 1. The van der Waals surface area contributed by atoms with E-state index in [4.69, 9.17) is 9.15 Å². The molecule has 1 aliphatic heterocycles. The first kappa shape index (κ1) is 23.5. The molecular weight excluding hydrogens is 430 g/mol. The van der Waals surface area contributed by atoms with Gasteiger partial charge in [0.15, 0.2) is 5.78 Å². The van der Waals surface area contributed by atoms with Crippen molar-refractivity contribution < 1.29 is 18.7 Å². The summed E-state index contributed by atoms with van der Waals surface area (Å²) in [5, 5.41) is 2.78. The highest BCUT2D eigenvalue weighted by atomic mass is 16.6. The molecule has 0 bridgehead atoms. The van der Waals surface area contributed by atoms with Gasteiger partial charge in [-0.2, -0.15) is 0 Å². The van der Waals surface area contributed by atoms with Crippen LogP contribution in [0.15, 0.2) is 59.3 Å². The Labute approximate surface area is 200 Å². The zero-order chi connectivity index (χ0) is 24.1. The summed E-state index contributed by atoms with van der Waals surface area (Å²) < 4.78 is 10.9. The van der Waals surface area contributed by atoms with Gasteiger partial charge >= 0.3 is 6.09 Å². The van der Waals surface area contributed by atoms with Gasteiger partial charge in [-0.05, 0) is 88.1 Å². The van der Waals surface area contributed by atoms with Crippen molar-refractivity contribution in [2.75, 3.05) is 23.3 Å². The fourth-order valence-electron chi connectivity index (χ4n) is 4.03. The molecule has 34 heavy (non-hydrogen) atoms. The molecular formula is C27H31N3O4. The number of Topliss-reactive ketones (excluding diaryl/α,β-unsaturated/α-hetero) is 1. The van der Waals surface area contributed by atoms with E-state index in [2.05, 4.69) is 15.2 Å². The van der Waals surface area contributed by atoms with Crippen LogP contribution in [0.4, 0.5) is 16.2 Å². The maximum absolute atomic E-state index is 13.1. The van der Waals surface area contributed by atoms with Crippen LogP contribution < -0.4 is 10.2 Å². The summed E-state index contributed by atoms with van der Waals surface area (Å²) in [6, 6.07) is 12.9. The Kier molecular flexibility index (Phi) is 7.01. The van der Waals surface area contributed by atoms with E-state index < -0.39 is 11.7 Å². The molecule has 178 valence electrons. The minimum Gasteiger partial charge on any atom is -0.464 e. The van der Waals surface area contributed by atoms with Crippen molar-refractivity contribution in [3.8, 4) is 11.3 Å². The molecule has 0 unspecified atom stereocenters. The Morgan fingerprint density at radius 2 is 1.88 bits per heavy atom. The number of nitrogens with zero attached hydrogens (tertiary/aromatic N) is 2. The number of ketones is 1. The van der Waals surface area contributed by atoms with E-state index in [9.17, 15) is 9.59 Å². The summed E-state index contributed by atoms with van der Waals surface area (Å²) in [6.45, 7) is 7.45. The van der Waals surface area contributed by atoms with Gasteiger partial charge in [0.1, 0.15) is 17.1 Å². The van der Waals surface area contributed by atoms with E-state index in [1.54, 1.807) is 51.4 Å². The van der Waals surface area contributed by atoms with Gasteiger partial charge in [-0.15, -0.1) is 0 Å². The second-order valence-electron chi connectivity index (χ2n) is 9.53. The summed E-state index contributed by atoms with van der Waals surface area (Å²) in [4.78, 5) is 32.3. The number of aromatic nitrogens is 1.